The molecule has 0 aromatic heterocycles. The minimum atomic E-state index is -5.39. The van der Waals surface area contributed by atoms with Gasteiger partial charge in [-0.3, -0.25) is 0 Å². The molecule has 0 aliphatic rings. The number of aliphatic hydroxyl groups excluding tert-OH is 1. The van der Waals surface area contributed by atoms with E-state index in [2.05, 4.69) is 0 Å². The van der Waals surface area contributed by atoms with E-state index in [9.17, 15) is 0 Å². The smallest absolute Gasteiger partial charge is 0.822 e. The molecule has 9 heavy (non-hydrogen) atoms. The van der Waals surface area contributed by atoms with Gasteiger partial charge in [-0.25, -0.2) is 0 Å². The second-order valence-corrected chi connectivity index (χ2v) is 1.66. The van der Waals surface area contributed by atoms with Gasteiger partial charge < -0.3 is 24.4 Å². The first-order valence-corrected chi connectivity index (χ1v) is 3.21. The summed E-state index contributed by atoms with van der Waals surface area (Å²) in [4.78, 5) is 25.6. The SMILES string of the molecule is CCO.O=P([O-])([O-])[O-].[H+].[H+].[Na+]. The molecule has 0 aromatic carbocycles. The summed E-state index contributed by atoms with van der Waals surface area (Å²) in [6.45, 7) is 1.93. The van der Waals surface area contributed by atoms with E-state index in [1.807, 2.05) is 0 Å². The molecule has 0 aliphatic carbocycles. The van der Waals surface area contributed by atoms with E-state index in [-0.39, 0.29) is 39.0 Å². The summed E-state index contributed by atoms with van der Waals surface area (Å²) < 4.78 is 8.55. The standard InChI is InChI=1S/C2H6O.Na.H3O4P/c1-2-3;;1-5(2,3)4/h3H,2H2,1H3;;(H3,1,2,3,4)/q;+1;/p-1. The van der Waals surface area contributed by atoms with Gasteiger partial charge in [-0.2, -0.15) is 7.82 Å². The van der Waals surface area contributed by atoms with Crippen molar-refractivity contribution in [3.63, 3.8) is 0 Å². The van der Waals surface area contributed by atoms with Gasteiger partial charge >= 0.3 is 32.4 Å². The molecule has 0 amide bonds. The zero-order valence-corrected chi connectivity index (χ0v) is 8.13. The fraction of sp³-hybridized carbons (Fsp3) is 1.00. The van der Waals surface area contributed by atoms with E-state index in [0.29, 0.717) is 0 Å². The fourth-order valence-corrected chi connectivity index (χ4v) is 0. The molecule has 5 nitrogen and oxygen atoms in total. The zero-order valence-electron chi connectivity index (χ0n) is 7.23. The van der Waals surface area contributed by atoms with Gasteiger partial charge in [-0.05, 0) is 6.92 Å². The van der Waals surface area contributed by atoms with Crippen LogP contribution in [0, 0.1) is 0 Å². The van der Waals surface area contributed by atoms with E-state index in [1.54, 1.807) is 6.92 Å². The minimum Gasteiger partial charge on any atom is -0.822 e. The quantitative estimate of drug-likeness (QED) is 0.285. The van der Waals surface area contributed by atoms with Crippen molar-refractivity contribution >= 4 is 7.82 Å². The molecule has 0 bridgehead atoms. The Morgan fingerprint density at radius 1 is 1.56 bits per heavy atom. The Kier molecular flexibility index (Phi) is 16.7. The molecule has 0 aliphatic heterocycles. The molecular formula is C2H8NaO5P. The average Bonchev–Trinajstić information content (AvgIpc) is 1.27. The van der Waals surface area contributed by atoms with Crippen LogP contribution in [0.25, 0.3) is 0 Å². The van der Waals surface area contributed by atoms with Gasteiger partial charge in [0.1, 0.15) is 0 Å². The van der Waals surface area contributed by atoms with Crippen LogP contribution in [0.2, 0.25) is 0 Å². The Labute approximate surface area is 78.2 Å². The number of hydrogen-bond acceptors (Lipinski definition) is 5. The third kappa shape index (κ3) is 396. The summed E-state index contributed by atoms with van der Waals surface area (Å²) in [5, 5.41) is 7.57. The van der Waals surface area contributed by atoms with Crippen LogP contribution < -0.4 is 44.2 Å². The van der Waals surface area contributed by atoms with Gasteiger partial charge in [0.25, 0.3) is 0 Å². The molecule has 0 rings (SSSR count). The average molecular weight is 166 g/mol. The number of phosphoric acid groups is 1. The molecule has 0 unspecified atom stereocenters. The predicted octanol–water partition coefficient (Wildman–Crippen LogP) is -5.60. The summed E-state index contributed by atoms with van der Waals surface area (Å²) in [7, 11) is -5.39. The molecule has 0 fully saturated rings. The first kappa shape index (κ1) is 16.6. The predicted molar refractivity (Wildman–Crippen MR) is 22.6 cm³/mol. The molecule has 0 saturated heterocycles. The zero-order chi connectivity index (χ0) is 7.21. The summed E-state index contributed by atoms with van der Waals surface area (Å²) in [5.41, 5.74) is 0. The summed E-state index contributed by atoms with van der Waals surface area (Å²) in [6.07, 6.45) is 0. The van der Waals surface area contributed by atoms with Crippen molar-refractivity contribution in [2.45, 2.75) is 6.92 Å². The van der Waals surface area contributed by atoms with E-state index < -0.39 is 7.82 Å². The summed E-state index contributed by atoms with van der Waals surface area (Å²) in [5.74, 6) is 0. The second kappa shape index (κ2) is 9.07. The fourth-order valence-electron chi connectivity index (χ4n) is 0. The molecule has 0 aromatic rings. The van der Waals surface area contributed by atoms with E-state index in [1.165, 1.54) is 0 Å². The third-order valence-electron chi connectivity index (χ3n) is 0. The topological polar surface area (TPSA) is 106 Å². The van der Waals surface area contributed by atoms with Crippen LogP contribution >= 0.6 is 7.82 Å². The molecule has 0 atom stereocenters. The maximum atomic E-state index is 8.55. The monoisotopic (exact) mass is 166 g/mol. The van der Waals surface area contributed by atoms with Crippen molar-refractivity contribution in [2.24, 2.45) is 0 Å². The van der Waals surface area contributed by atoms with Gasteiger partial charge in [0.05, 0.1) is 0 Å². The van der Waals surface area contributed by atoms with E-state index in [4.69, 9.17) is 24.4 Å². The van der Waals surface area contributed by atoms with Gasteiger partial charge in [-0.1, -0.05) is 0 Å². The van der Waals surface area contributed by atoms with Gasteiger partial charge in [0, 0.05) is 6.61 Å². The van der Waals surface area contributed by atoms with Crippen molar-refractivity contribution in [3.05, 3.63) is 0 Å². The number of hydrogen-bond donors (Lipinski definition) is 1. The normalized spacial score (nSPS) is 8.56. The van der Waals surface area contributed by atoms with Crippen molar-refractivity contribution in [1.82, 2.24) is 0 Å². The van der Waals surface area contributed by atoms with Gasteiger partial charge in [-0.15, -0.1) is 0 Å². The Hall–Kier alpha value is 1.07. The van der Waals surface area contributed by atoms with E-state index >= 15 is 0 Å². The largest absolute Gasteiger partial charge is 1.00 e. The Morgan fingerprint density at radius 2 is 1.56 bits per heavy atom. The van der Waals surface area contributed by atoms with E-state index in [0.717, 1.165) is 0 Å². The molecule has 0 saturated carbocycles. The second-order valence-electron chi connectivity index (χ2n) is 0.763. The molecule has 0 spiro atoms. The van der Waals surface area contributed by atoms with Crippen molar-refractivity contribution in [3.8, 4) is 0 Å². The Morgan fingerprint density at radius 3 is 1.56 bits per heavy atom. The van der Waals surface area contributed by atoms with Crippen LogP contribution in [0.3, 0.4) is 0 Å². The van der Waals surface area contributed by atoms with Crippen LogP contribution in [-0.2, 0) is 4.57 Å². The van der Waals surface area contributed by atoms with Gasteiger partial charge in [0.15, 0.2) is 0 Å². The number of rotatable bonds is 0. The Bertz CT molecular complexity index is 78.3. The maximum Gasteiger partial charge on any atom is 1.00 e. The molecular weight excluding hydrogens is 158 g/mol. The first-order chi connectivity index (χ1) is 3.41. The molecule has 0 radical (unpaired) electrons. The van der Waals surface area contributed by atoms with Crippen LogP contribution in [-0.4, -0.2) is 11.7 Å². The van der Waals surface area contributed by atoms with Crippen LogP contribution in [0.15, 0.2) is 0 Å². The summed E-state index contributed by atoms with van der Waals surface area (Å²) in [6, 6.07) is 0. The maximum absolute atomic E-state index is 8.55. The van der Waals surface area contributed by atoms with Crippen molar-refractivity contribution in [2.75, 3.05) is 6.61 Å². The molecule has 1 N–H and O–H groups in total. The first-order valence-electron chi connectivity index (χ1n) is 1.75. The molecule has 0 heterocycles. The number of aliphatic hydroxyl groups is 1. The van der Waals surface area contributed by atoms with Crippen LogP contribution in [0.5, 0.6) is 0 Å². The third-order valence-corrected chi connectivity index (χ3v) is 0. The van der Waals surface area contributed by atoms with Crippen LogP contribution in [0.1, 0.15) is 9.78 Å². The Balaban J connectivity index is -0.0000000183. The van der Waals surface area contributed by atoms with Crippen molar-refractivity contribution in [1.29, 1.82) is 0 Å². The van der Waals surface area contributed by atoms with Gasteiger partial charge in [0.2, 0.25) is 0 Å². The summed E-state index contributed by atoms with van der Waals surface area (Å²) >= 11 is 0. The molecule has 52 valence electrons. The molecule has 7 heteroatoms. The van der Waals surface area contributed by atoms with Crippen LogP contribution in [0.4, 0.5) is 0 Å². The minimum absolute atomic E-state index is 0. The van der Waals surface area contributed by atoms with Crippen molar-refractivity contribution < 1.29 is 56.8 Å².